The molecule has 0 aromatic carbocycles. The molecule has 5 unspecified atom stereocenters. The van der Waals surface area contributed by atoms with E-state index in [-0.39, 0.29) is 19.3 Å². The highest BCUT2D eigenvalue weighted by Gasteiger charge is 2.29. The predicted molar refractivity (Wildman–Crippen MR) is 454 cm³/mol. The molecule has 0 fully saturated rings. The number of rotatable bonds is 78. The normalized spacial score (nSPS) is 14.8. The molecule has 620 valence electrons. The highest BCUT2D eigenvalue weighted by molar-refractivity contribution is 7.47. The quantitative estimate of drug-likeness (QED) is 0.0146. The summed E-state index contributed by atoms with van der Waals surface area (Å²) in [7, 11) is -9.84. The van der Waals surface area contributed by atoms with Gasteiger partial charge in [0.2, 0.25) is 0 Å². The van der Waals surface area contributed by atoms with E-state index in [1.807, 2.05) is 18.2 Å². The summed E-state index contributed by atoms with van der Waals surface area (Å²) >= 11 is 0. The summed E-state index contributed by atoms with van der Waals surface area (Å²) in [6.07, 6.45) is 107. The first-order valence-electron chi connectivity index (χ1n) is 42.1. The van der Waals surface area contributed by atoms with Crippen molar-refractivity contribution in [3.05, 3.63) is 182 Å². The van der Waals surface area contributed by atoms with E-state index < -0.39 is 91.5 Å². The van der Waals surface area contributed by atoms with Gasteiger partial charge in [-0.05, 0) is 148 Å². The molecule has 5 atom stereocenters. The van der Waals surface area contributed by atoms with E-state index in [2.05, 4.69) is 185 Å². The van der Waals surface area contributed by atoms with Crippen molar-refractivity contribution in [1.29, 1.82) is 0 Å². The lowest BCUT2D eigenvalue weighted by Crippen LogP contribution is -2.29. The smallest absolute Gasteiger partial charge is 0.463 e. The van der Waals surface area contributed by atoms with Gasteiger partial charge < -0.3 is 34.2 Å². The Balaban J connectivity index is 4.66. The number of aliphatic hydroxyl groups is 2. The van der Waals surface area contributed by atoms with Crippen LogP contribution in [-0.4, -0.2) is 95.9 Å². The van der Waals surface area contributed by atoms with Crippen LogP contribution in [0.2, 0.25) is 0 Å². The molecule has 0 aromatic rings. The first-order valence-corrected chi connectivity index (χ1v) is 45.1. The van der Waals surface area contributed by atoms with E-state index in [0.717, 1.165) is 141 Å². The number of unbranched alkanes of at least 4 members (excludes halogenated alkanes) is 25. The Hall–Kier alpha value is -5.35. The first-order chi connectivity index (χ1) is 53.2. The highest BCUT2D eigenvalue weighted by Crippen LogP contribution is 2.45. The van der Waals surface area contributed by atoms with Crippen molar-refractivity contribution in [3.8, 4) is 0 Å². The maximum absolute atomic E-state index is 13.0. The fourth-order valence-electron chi connectivity index (χ4n) is 10.8. The fraction of sp³-hybridized carbons (Fsp3) is 0.637. The average Bonchev–Trinajstić information content (AvgIpc) is 0.904. The summed E-state index contributed by atoms with van der Waals surface area (Å²) in [6, 6.07) is 0. The topological polar surface area (TPSA) is 231 Å². The van der Waals surface area contributed by atoms with Crippen molar-refractivity contribution in [3.63, 3.8) is 0 Å². The lowest BCUT2D eigenvalue weighted by atomic mass is 10.0. The van der Waals surface area contributed by atoms with Gasteiger partial charge in [-0.15, -0.1) is 0 Å². The van der Waals surface area contributed by atoms with Crippen LogP contribution in [-0.2, 0) is 55.8 Å². The van der Waals surface area contributed by atoms with E-state index in [1.165, 1.54) is 109 Å². The lowest BCUT2D eigenvalue weighted by molar-refractivity contribution is -0.161. The number of aliphatic hydroxyl groups excluding tert-OH is 2. The third-order valence-electron chi connectivity index (χ3n) is 17.1. The molecule has 16 nitrogen and oxygen atoms in total. The van der Waals surface area contributed by atoms with Crippen molar-refractivity contribution < 1.29 is 75.8 Å². The summed E-state index contributed by atoms with van der Waals surface area (Å²) in [4.78, 5) is 58.8. The van der Waals surface area contributed by atoms with Crippen molar-refractivity contribution in [2.75, 3.05) is 39.6 Å². The molecule has 0 spiro atoms. The van der Waals surface area contributed by atoms with Crippen LogP contribution < -0.4 is 0 Å². The summed E-state index contributed by atoms with van der Waals surface area (Å²) in [5, 5.41) is 20.7. The van der Waals surface area contributed by atoms with Crippen LogP contribution in [0.3, 0.4) is 0 Å². The molecule has 0 radical (unpaired) electrons. The molecule has 0 aromatic heterocycles. The molecule has 0 aliphatic rings. The largest absolute Gasteiger partial charge is 0.472 e. The van der Waals surface area contributed by atoms with Gasteiger partial charge in [-0.25, -0.2) is 9.13 Å². The van der Waals surface area contributed by atoms with Gasteiger partial charge in [-0.2, -0.15) is 0 Å². The van der Waals surface area contributed by atoms with Crippen molar-refractivity contribution in [1.82, 2.24) is 0 Å². The molecular formula is C91H150O16P2. The maximum Gasteiger partial charge on any atom is 0.472 e. The van der Waals surface area contributed by atoms with E-state index in [9.17, 15) is 43.5 Å². The highest BCUT2D eigenvalue weighted by atomic mass is 31.2. The van der Waals surface area contributed by atoms with Crippen LogP contribution in [0.4, 0.5) is 0 Å². The Morgan fingerprint density at radius 3 is 0.807 bits per heavy atom. The molecule has 0 rings (SSSR count). The van der Waals surface area contributed by atoms with E-state index >= 15 is 0 Å². The number of ether oxygens (including phenoxy) is 3. The number of hydrogen-bond donors (Lipinski definition) is 4. The molecule has 0 heterocycles. The third-order valence-corrected chi connectivity index (χ3v) is 19.0. The number of esters is 3. The van der Waals surface area contributed by atoms with Gasteiger partial charge in [0.15, 0.2) is 6.10 Å². The Kier molecular flexibility index (Phi) is 78.1. The minimum atomic E-state index is -4.96. The summed E-state index contributed by atoms with van der Waals surface area (Å²) in [5.74, 6) is -1.69. The van der Waals surface area contributed by atoms with Gasteiger partial charge >= 0.3 is 33.6 Å². The van der Waals surface area contributed by atoms with Crippen LogP contribution in [0.25, 0.3) is 0 Å². The molecule has 0 amide bonds. The Morgan fingerprint density at radius 2 is 0.505 bits per heavy atom. The van der Waals surface area contributed by atoms with E-state index in [4.69, 9.17) is 32.3 Å². The Morgan fingerprint density at radius 1 is 0.266 bits per heavy atom. The van der Waals surface area contributed by atoms with Gasteiger partial charge in [-0.3, -0.25) is 32.5 Å². The number of carbonyl (C=O) groups excluding carboxylic acids is 3. The number of carbonyl (C=O) groups is 3. The molecule has 0 bridgehead atoms. The minimum Gasteiger partial charge on any atom is -0.463 e. The monoisotopic (exact) mass is 1560 g/mol. The molecule has 109 heavy (non-hydrogen) atoms. The Bertz CT molecular complexity index is 2710. The molecule has 0 aliphatic heterocycles. The maximum atomic E-state index is 13.0. The van der Waals surface area contributed by atoms with Crippen molar-refractivity contribution in [2.45, 2.75) is 334 Å². The zero-order valence-corrected chi connectivity index (χ0v) is 69.7. The van der Waals surface area contributed by atoms with Gasteiger partial charge in [0.05, 0.1) is 26.4 Å². The lowest BCUT2D eigenvalue weighted by Gasteiger charge is -2.21. The first kappa shape index (κ1) is 104. The molecular weight excluding hydrogens is 1410 g/mol. The third kappa shape index (κ3) is 83.4. The molecule has 0 saturated heterocycles. The zero-order chi connectivity index (χ0) is 79.4. The van der Waals surface area contributed by atoms with Gasteiger partial charge in [0.25, 0.3) is 0 Å². The van der Waals surface area contributed by atoms with Gasteiger partial charge in [0.1, 0.15) is 25.4 Å². The van der Waals surface area contributed by atoms with Gasteiger partial charge in [0, 0.05) is 19.3 Å². The average molecular weight is 1560 g/mol. The van der Waals surface area contributed by atoms with Crippen molar-refractivity contribution >= 4 is 33.6 Å². The van der Waals surface area contributed by atoms with Crippen LogP contribution >= 0.6 is 15.6 Å². The minimum absolute atomic E-state index is 0.0279. The second-order valence-corrected chi connectivity index (χ2v) is 30.4. The number of phosphoric ester groups is 2. The Labute approximate surface area is 662 Å². The fourth-order valence-corrected chi connectivity index (χ4v) is 12.4. The molecule has 4 N–H and O–H groups in total. The van der Waals surface area contributed by atoms with Crippen LogP contribution in [0.15, 0.2) is 182 Å². The number of hydrogen-bond acceptors (Lipinski definition) is 14. The summed E-state index contributed by atoms with van der Waals surface area (Å²) < 4.78 is 61.2. The van der Waals surface area contributed by atoms with Crippen molar-refractivity contribution in [2.24, 2.45) is 0 Å². The molecule has 18 heteroatoms. The van der Waals surface area contributed by atoms with Gasteiger partial charge in [-0.1, -0.05) is 331 Å². The summed E-state index contributed by atoms with van der Waals surface area (Å²) in [6.45, 7) is 2.33. The van der Waals surface area contributed by atoms with Crippen LogP contribution in [0, 0.1) is 0 Å². The predicted octanol–water partition coefficient (Wildman–Crippen LogP) is 25.3. The SMILES string of the molecule is CC/C=C\C/C=C\C/C=C\C/C=C\C/C=C\C/C=C\CCC(=O)OC(COC(=O)CCCCCCCCCCC/C=C\C/C=C\C/C=C\C/C=C\CCCCC)COP(=O)(O)OCC(O)COP(=O)(O)OCC(O)COC(=O)CCCCCCCCCCCCCCC/C=C\C/C=C\C/C=C\C/C=C\C/C=C\CC. The molecule has 0 aliphatic carbocycles. The zero-order valence-electron chi connectivity index (χ0n) is 67.9. The second kappa shape index (κ2) is 82.1. The standard InChI is InChI=1S/C91H150O16P2/c1-4-7-10-13-16-19-22-25-28-31-34-36-38-40-41-42-43-45-47-48-51-53-56-59-62-65-68-71-74-77-89(94)101-80-86(92)81-103-108(97,98)104-82-87(93)83-105-109(99,100)106-85-88(107-91(96)79-76-73-70-67-64-61-58-55-50-33-30-27-24-21-18-15-12-9-6-3)84-102-90(95)78-75-72-69-66-63-60-57-54-52-49-46-44-39-37-35-32-29-26-23-20-17-14-11-8-5-2/h7,9-10,12,16-21,25-30,34-37,40-41,44,46,50,55,61,64,70,73,86-88,92-93H,4-6,8,11,13-15,22-24,31-33,38-39,42-43,45,47-49,51-54,56-60,62-63,65-69,71-72,74-85H2,1-3H3,(H,97,98)(H,99,100)/b10-7-,12-9-,19-16-,20-17-,21-18-,28-25-,29-26-,30-27-,36-34-,37-35-,41-40-,46-44-,55-50-,64-61-,73-70-. The second-order valence-electron chi connectivity index (χ2n) is 27.5. The van der Waals surface area contributed by atoms with Crippen LogP contribution in [0.5, 0.6) is 0 Å². The number of phosphoric acid groups is 2. The van der Waals surface area contributed by atoms with Crippen LogP contribution in [0.1, 0.15) is 316 Å². The molecule has 0 saturated carbocycles. The summed E-state index contributed by atoms with van der Waals surface area (Å²) in [5.41, 5.74) is 0. The van der Waals surface area contributed by atoms with E-state index in [0.29, 0.717) is 25.7 Å². The number of allylic oxidation sites excluding steroid dienone is 30. The van der Waals surface area contributed by atoms with E-state index in [1.54, 1.807) is 0 Å².